The second kappa shape index (κ2) is 9.96. The summed E-state index contributed by atoms with van der Waals surface area (Å²) in [5, 5.41) is 3.76. The molecule has 3 heterocycles. The maximum Gasteiger partial charge on any atom is 0.410 e. The highest BCUT2D eigenvalue weighted by Gasteiger charge is 2.47. The van der Waals surface area contributed by atoms with Crippen LogP contribution in [0.1, 0.15) is 35.7 Å². The van der Waals surface area contributed by atoms with E-state index in [4.69, 9.17) is 10.5 Å². The smallest absolute Gasteiger partial charge is 0.410 e. The number of hydrogen-bond donors (Lipinski definition) is 3. The molecule has 0 bridgehead atoms. The van der Waals surface area contributed by atoms with E-state index >= 15 is 0 Å². The van der Waals surface area contributed by atoms with Gasteiger partial charge in [-0.05, 0) is 30.0 Å². The molecule has 10 heteroatoms. The van der Waals surface area contributed by atoms with E-state index in [1.165, 1.54) is 11.9 Å². The molecule has 10 nitrogen and oxygen atoms in total. The van der Waals surface area contributed by atoms with E-state index in [1.807, 2.05) is 54.6 Å². The number of carbonyl (C=O) groups is 4. The number of primary amides is 1. The second-order valence-electron chi connectivity index (χ2n) is 9.54. The average molecular weight is 504 g/mol. The van der Waals surface area contributed by atoms with Crippen LogP contribution in [-0.2, 0) is 32.1 Å². The van der Waals surface area contributed by atoms with Crippen molar-refractivity contribution in [3.05, 3.63) is 71.4 Å². The zero-order valence-corrected chi connectivity index (χ0v) is 20.5. The van der Waals surface area contributed by atoms with E-state index in [-0.39, 0.29) is 31.5 Å². The van der Waals surface area contributed by atoms with Crippen LogP contribution in [0.3, 0.4) is 0 Å². The van der Waals surface area contributed by atoms with Crippen molar-refractivity contribution in [1.29, 1.82) is 0 Å². The Hall–Kier alpha value is -4.34. The lowest BCUT2D eigenvalue weighted by atomic mass is 10.00. The Bertz CT molecular complexity index is 1350. The largest absolute Gasteiger partial charge is 0.445 e. The van der Waals surface area contributed by atoms with Crippen LogP contribution in [0.4, 0.5) is 4.79 Å². The van der Waals surface area contributed by atoms with E-state index in [1.54, 1.807) is 0 Å². The van der Waals surface area contributed by atoms with Gasteiger partial charge in [0.2, 0.25) is 17.7 Å². The minimum Gasteiger partial charge on any atom is -0.445 e. The summed E-state index contributed by atoms with van der Waals surface area (Å²) >= 11 is 0. The van der Waals surface area contributed by atoms with Crippen molar-refractivity contribution >= 4 is 34.7 Å². The van der Waals surface area contributed by atoms with Crippen LogP contribution in [0.2, 0.25) is 0 Å². The molecule has 4 N–H and O–H groups in total. The predicted octanol–water partition coefficient (Wildman–Crippen LogP) is 1.99. The molecular formula is C27H29N5O5. The van der Waals surface area contributed by atoms with E-state index in [2.05, 4.69) is 10.3 Å². The number of para-hydroxylation sites is 1. The zero-order chi connectivity index (χ0) is 26.1. The van der Waals surface area contributed by atoms with Gasteiger partial charge >= 0.3 is 6.09 Å². The van der Waals surface area contributed by atoms with Gasteiger partial charge in [0.1, 0.15) is 25.2 Å². The molecule has 5 rings (SSSR count). The monoisotopic (exact) mass is 503 g/mol. The molecule has 0 unspecified atom stereocenters. The minimum atomic E-state index is -0.913. The Morgan fingerprint density at radius 3 is 2.59 bits per heavy atom. The molecule has 2 aliphatic rings. The Morgan fingerprint density at radius 1 is 1.11 bits per heavy atom. The Kier molecular flexibility index (Phi) is 6.56. The first kappa shape index (κ1) is 24.4. The van der Waals surface area contributed by atoms with Crippen molar-refractivity contribution < 1.29 is 23.9 Å². The Labute approximate surface area is 213 Å². The maximum atomic E-state index is 13.6. The van der Waals surface area contributed by atoms with Crippen LogP contribution in [0.5, 0.6) is 0 Å². The average Bonchev–Trinajstić information content (AvgIpc) is 3.46. The van der Waals surface area contributed by atoms with Crippen molar-refractivity contribution in [1.82, 2.24) is 20.1 Å². The third-order valence-electron chi connectivity index (χ3n) is 7.09. The van der Waals surface area contributed by atoms with Gasteiger partial charge in [-0.15, -0.1) is 0 Å². The molecule has 0 radical (unpaired) electrons. The second-order valence-corrected chi connectivity index (χ2v) is 9.54. The lowest BCUT2D eigenvalue weighted by Gasteiger charge is -2.30. The van der Waals surface area contributed by atoms with Crippen LogP contribution in [0.15, 0.2) is 54.6 Å². The molecule has 0 saturated carbocycles. The van der Waals surface area contributed by atoms with E-state index in [0.29, 0.717) is 12.8 Å². The number of ether oxygens (including phenoxy) is 1. The summed E-state index contributed by atoms with van der Waals surface area (Å²) in [5.41, 5.74) is 9.20. The summed E-state index contributed by atoms with van der Waals surface area (Å²) in [4.78, 5) is 57.3. The van der Waals surface area contributed by atoms with Gasteiger partial charge in [0.15, 0.2) is 0 Å². The van der Waals surface area contributed by atoms with Gasteiger partial charge in [-0.25, -0.2) is 4.79 Å². The van der Waals surface area contributed by atoms with Crippen molar-refractivity contribution in [2.45, 2.75) is 44.0 Å². The van der Waals surface area contributed by atoms with Crippen molar-refractivity contribution in [2.24, 2.45) is 5.73 Å². The fourth-order valence-corrected chi connectivity index (χ4v) is 5.34. The SMILES string of the molecule is CN(CC(=O)N[C@H]1Cc2c([nH]c3ccccc23)[C@H]2CC[C@@H](C(N)=O)N2C1=O)C(=O)OCc1ccccc1. The van der Waals surface area contributed by atoms with Gasteiger partial charge in [0.05, 0.1) is 6.04 Å². The van der Waals surface area contributed by atoms with Crippen LogP contribution in [0, 0.1) is 0 Å². The summed E-state index contributed by atoms with van der Waals surface area (Å²) < 4.78 is 5.28. The number of aromatic amines is 1. The third-order valence-corrected chi connectivity index (χ3v) is 7.09. The topological polar surface area (TPSA) is 138 Å². The molecule has 0 aliphatic carbocycles. The predicted molar refractivity (Wildman–Crippen MR) is 135 cm³/mol. The Morgan fingerprint density at radius 2 is 1.84 bits per heavy atom. The molecule has 1 saturated heterocycles. The fraction of sp³-hybridized carbons (Fsp3) is 0.333. The van der Waals surface area contributed by atoms with Crippen molar-refractivity contribution in [3.63, 3.8) is 0 Å². The number of aromatic nitrogens is 1. The molecule has 2 aliphatic heterocycles. The molecule has 192 valence electrons. The van der Waals surface area contributed by atoms with E-state index in [9.17, 15) is 19.2 Å². The van der Waals surface area contributed by atoms with E-state index in [0.717, 1.165) is 32.6 Å². The fourth-order valence-electron chi connectivity index (χ4n) is 5.34. The first-order chi connectivity index (χ1) is 17.8. The number of carbonyl (C=O) groups excluding carboxylic acids is 4. The number of hydrogen-bond acceptors (Lipinski definition) is 5. The van der Waals surface area contributed by atoms with Gasteiger partial charge in [-0.1, -0.05) is 48.5 Å². The molecule has 4 amide bonds. The Balaban J connectivity index is 1.33. The lowest BCUT2D eigenvalue weighted by Crippen LogP contribution is -2.54. The first-order valence-corrected chi connectivity index (χ1v) is 12.3. The highest BCUT2D eigenvalue weighted by atomic mass is 16.6. The summed E-state index contributed by atoms with van der Waals surface area (Å²) in [6.45, 7) is -0.207. The highest BCUT2D eigenvalue weighted by molar-refractivity contribution is 5.95. The van der Waals surface area contributed by atoms with Gasteiger partial charge < -0.3 is 30.6 Å². The summed E-state index contributed by atoms with van der Waals surface area (Å²) in [7, 11) is 1.46. The van der Waals surface area contributed by atoms with Gasteiger partial charge in [-0.3, -0.25) is 14.4 Å². The van der Waals surface area contributed by atoms with E-state index < -0.39 is 30.0 Å². The molecule has 1 fully saturated rings. The number of likely N-dealkylation sites (N-methyl/N-ethyl adjacent to an activating group) is 1. The normalized spacial score (nSPS) is 20.6. The summed E-state index contributed by atoms with van der Waals surface area (Å²) in [6, 6.07) is 15.0. The number of amides is 4. The number of fused-ring (bicyclic) bond motifs is 5. The highest BCUT2D eigenvalue weighted by Crippen LogP contribution is 2.42. The molecule has 0 spiro atoms. The standard InChI is InChI=1S/C27H29N5O5/c1-31(27(36)37-15-16-7-3-2-4-8-16)14-23(33)29-20-13-18-17-9-5-6-10-19(17)30-24(18)21-11-12-22(25(28)34)32(21)26(20)35/h2-10,20-22,30H,11-15H2,1H3,(H2,28,34)(H,29,33)/t20-,21+,22-/m0/s1. The molecule has 37 heavy (non-hydrogen) atoms. The number of benzene rings is 2. The lowest BCUT2D eigenvalue weighted by molar-refractivity contribution is -0.142. The number of nitrogens with one attached hydrogen (secondary N) is 2. The minimum absolute atomic E-state index is 0.0843. The molecule has 2 aromatic carbocycles. The summed E-state index contributed by atoms with van der Waals surface area (Å²) in [5.74, 6) is -1.43. The van der Waals surface area contributed by atoms with Crippen molar-refractivity contribution in [3.8, 4) is 0 Å². The van der Waals surface area contributed by atoms with Gasteiger partial charge in [-0.2, -0.15) is 0 Å². The van der Waals surface area contributed by atoms with Crippen LogP contribution in [-0.4, -0.2) is 64.3 Å². The van der Waals surface area contributed by atoms with Crippen LogP contribution < -0.4 is 11.1 Å². The molecule has 3 aromatic rings. The first-order valence-electron chi connectivity index (χ1n) is 12.3. The summed E-state index contributed by atoms with van der Waals surface area (Å²) in [6.07, 6.45) is 0.649. The molecular weight excluding hydrogens is 474 g/mol. The number of rotatable bonds is 6. The molecule has 1 aromatic heterocycles. The van der Waals surface area contributed by atoms with Gasteiger partial charge in [0.25, 0.3) is 0 Å². The quantitative estimate of drug-likeness (QED) is 0.472. The number of H-pyrrole nitrogens is 1. The van der Waals surface area contributed by atoms with Crippen molar-refractivity contribution in [2.75, 3.05) is 13.6 Å². The third kappa shape index (κ3) is 4.74. The van der Waals surface area contributed by atoms with Crippen LogP contribution in [0.25, 0.3) is 10.9 Å². The number of nitrogens with two attached hydrogens (primary N) is 1. The molecule has 3 atom stereocenters. The van der Waals surface area contributed by atoms with Crippen LogP contribution >= 0.6 is 0 Å². The number of nitrogens with zero attached hydrogens (tertiary/aromatic N) is 2. The zero-order valence-electron chi connectivity index (χ0n) is 20.5. The van der Waals surface area contributed by atoms with Gasteiger partial charge in [0, 0.05) is 30.1 Å². The maximum absolute atomic E-state index is 13.6.